The summed E-state index contributed by atoms with van der Waals surface area (Å²) in [7, 11) is 1.84. The van der Waals surface area contributed by atoms with Gasteiger partial charge in [0.15, 0.2) is 0 Å². The molecule has 0 atom stereocenters. The molecule has 0 amide bonds. The van der Waals surface area contributed by atoms with E-state index in [1.807, 2.05) is 20.0 Å². The summed E-state index contributed by atoms with van der Waals surface area (Å²) in [5, 5.41) is 16.0. The van der Waals surface area contributed by atoms with Crippen molar-refractivity contribution in [3.8, 4) is 0 Å². The number of nitrogens with one attached hydrogen (secondary N) is 1. The van der Waals surface area contributed by atoms with Crippen molar-refractivity contribution in [2.75, 3.05) is 5.32 Å². The van der Waals surface area contributed by atoms with Crippen molar-refractivity contribution in [1.82, 2.24) is 9.78 Å². The van der Waals surface area contributed by atoms with E-state index in [0.717, 1.165) is 5.69 Å². The summed E-state index contributed by atoms with van der Waals surface area (Å²) in [6.07, 6.45) is 0. The van der Waals surface area contributed by atoms with Crippen LogP contribution in [-0.2, 0) is 13.6 Å². The normalized spacial score (nSPS) is 10.5. The van der Waals surface area contributed by atoms with Crippen LogP contribution < -0.4 is 5.32 Å². The van der Waals surface area contributed by atoms with E-state index in [9.17, 15) is 9.18 Å². The van der Waals surface area contributed by atoms with E-state index in [1.165, 1.54) is 12.1 Å². The highest BCUT2D eigenvalue weighted by molar-refractivity contribution is 5.87. The molecule has 0 bridgehead atoms. The third-order valence-electron chi connectivity index (χ3n) is 2.85. The molecule has 19 heavy (non-hydrogen) atoms. The number of hydrogen-bond acceptors (Lipinski definition) is 3. The number of benzene rings is 1. The first kappa shape index (κ1) is 13.1. The molecule has 0 aliphatic carbocycles. The molecular weight excluding hydrogens is 249 g/mol. The van der Waals surface area contributed by atoms with Crippen molar-refractivity contribution in [1.29, 1.82) is 0 Å². The Morgan fingerprint density at radius 1 is 1.47 bits per heavy atom. The Morgan fingerprint density at radius 3 is 2.74 bits per heavy atom. The van der Waals surface area contributed by atoms with Gasteiger partial charge in [-0.25, -0.2) is 9.18 Å². The van der Waals surface area contributed by atoms with Crippen molar-refractivity contribution in [3.05, 3.63) is 46.9 Å². The zero-order chi connectivity index (χ0) is 14.0. The Kier molecular flexibility index (Phi) is 3.50. The number of rotatable bonds is 4. The maximum atomic E-state index is 13.5. The lowest BCUT2D eigenvalue weighted by molar-refractivity contribution is 0.0692. The summed E-state index contributed by atoms with van der Waals surface area (Å²) >= 11 is 0. The quantitative estimate of drug-likeness (QED) is 0.887. The average Bonchev–Trinajstić information content (AvgIpc) is 2.66. The molecule has 0 unspecified atom stereocenters. The fraction of sp³-hybridized carbons (Fsp3) is 0.231. The fourth-order valence-corrected chi connectivity index (χ4v) is 1.68. The van der Waals surface area contributed by atoms with Crippen LogP contribution >= 0.6 is 0 Å². The van der Waals surface area contributed by atoms with E-state index in [4.69, 9.17) is 5.11 Å². The topological polar surface area (TPSA) is 67.2 Å². The number of aromatic carboxylic acids is 1. The molecule has 100 valence electrons. The molecule has 0 radical (unpaired) electrons. The lowest BCUT2D eigenvalue weighted by atomic mass is 10.1. The number of aromatic nitrogens is 2. The molecule has 5 nitrogen and oxygen atoms in total. The summed E-state index contributed by atoms with van der Waals surface area (Å²) in [6.45, 7) is 2.31. The predicted octanol–water partition coefficient (Wildman–Crippen LogP) is 2.18. The average molecular weight is 263 g/mol. The number of nitrogens with zero attached hydrogens (tertiary/aromatic N) is 2. The molecular formula is C13H14FN3O2. The number of hydrogen-bond donors (Lipinski definition) is 2. The van der Waals surface area contributed by atoms with E-state index in [0.29, 0.717) is 17.9 Å². The summed E-state index contributed by atoms with van der Waals surface area (Å²) in [6, 6.07) is 5.93. The van der Waals surface area contributed by atoms with Crippen LogP contribution in [0.3, 0.4) is 0 Å². The van der Waals surface area contributed by atoms with Crippen molar-refractivity contribution >= 4 is 11.8 Å². The van der Waals surface area contributed by atoms with Gasteiger partial charge in [-0.15, -0.1) is 0 Å². The minimum absolute atomic E-state index is 0.322. The van der Waals surface area contributed by atoms with Crippen LogP contribution in [0.15, 0.2) is 24.3 Å². The first-order valence-corrected chi connectivity index (χ1v) is 5.73. The molecule has 0 aliphatic rings. The van der Waals surface area contributed by atoms with E-state index in [1.54, 1.807) is 10.7 Å². The molecule has 0 fully saturated rings. The van der Waals surface area contributed by atoms with Gasteiger partial charge >= 0.3 is 5.97 Å². The number of carboxylic acids is 1. The SMILES string of the molecule is Cc1cc(NCc2ccc(C(=O)O)c(F)c2)nn1C. The van der Waals surface area contributed by atoms with Gasteiger partial charge in [0.1, 0.15) is 11.6 Å². The maximum absolute atomic E-state index is 13.5. The Balaban J connectivity index is 2.08. The predicted molar refractivity (Wildman–Crippen MR) is 68.6 cm³/mol. The van der Waals surface area contributed by atoms with Crippen LogP contribution in [0.5, 0.6) is 0 Å². The van der Waals surface area contributed by atoms with E-state index < -0.39 is 11.8 Å². The molecule has 0 spiro atoms. The minimum Gasteiger partial charge on any atom is -0.478 e. The number of aryl methyl sites for hydroxylation is 2. The zero-order valence-corrected chi connectivity index (χ0v) is 10.6. The maximum Gasteiger partial charge on any atom is 0.338 e. The number of anilines is 1. The monoisotopic (exact) mass is 263 g/mol. The lowest BCUT2D eigenvalue weighted by Gasteiger charge is -2.04. The van der Waals surface area contributed by atoms with Gasteiger partial charge in [-0.05, 0) is 24.6 Å². The highest BCUT2D eigenvalue weighted by Gasteiger charge is 2.10. The first-order valence-electron chi connectivity index (χ1n) is 5.73. The van der Waals surface area contributed by atoms with Crippen molar-refractivity contribution < 1.29 is 14.3 Å². The van der Waals surface area contributed by atoms with Gasteiger partial charge in [-0.1, -0.05) is 6.07 Å². The molecule has 1 aromatic carbocycles. The molecule has 2 aromatic rings. The zero-order valence-electron chi connectivity index (χ0n) is 10.6. The van der Waals surface area contributed by atoms with Gasteiger partial charge in [0.05, 0.1) is 5.56 Å². The van der Waals surface area contributed by atoms with Crippen molar-refractivity contribution in [3.63, 3.8) is 0 Å². The number of carboxylic acid groups (broad SMARTS) is 1. The highest BCUT2D eigenvalue weighted by atomic mass is 19.1. The van der Waals surface area contributed by atoms with E-state index in [-0.39, 0.29) is 5.56 Å². The van der Waals surface area contributed by atoms with Gasteiger partial charge in [-0.2, -0.15) is 5.10 Å². The molecule has 2 N–H and O–H groups in total. The summed E-state index contributed by atoms with van der Waals surface area (Å²) in [5.74, 6) is -1.30. The van der Waals surface area contributed by atoms with Gasteiger partial charge < -0.3 is 10.4 Å². The second-order valence-electron chi connectivity index (χ2n) is 4.27. The summed E-state index contributed by atoms with van der Waals surface area (Å²) in [5.41, 5.74) is 1.35. The Morgan fingerprint density at radius 2 is 2.21 bits per heavy atom. The number of halogens is 1. The lowest BCUT2D eigenvalue weighted by Crippen LogP contribution is -2.04. The molecule has 1 aromatic heterocycles. The van der Waals surface area contributed by atoms with E-state index in [2.05, 4.69) is 10.4 Å². The van der Waals surface area contributed by atoms with Crippen LogP contribution in [0.4, 0.5) is 10.2 Å². The molecule has 1 heterocycles. The summed E-state index contributed by atoms with van der Waals surface area (Å²) < 4.78 is 15.2. The molecule has 0 saturated carbocycles. The molecule has 2 rings (SSSR count). The van der Waals surface area contributed by atoms with Gasteiger partial charge in [0.25, 0.3) is 0 Å². The Hall–Kier alpha value is -2.37. The second-order valence-corrected chi connectivity index (χ2v) is 4.27. The highest BCUT2D eigenvalue weighted by Crippen LogP contribution is 2.13. The molecule has 0 aliphatic heterocycles. The molecule has 0 saturated heterocycles. The van der Waals surface area contributed by atoms with Crippen molar-refractivity contribution in [2.24, 2.45) is 7.05 Å². The first-order chi connectivity index (χ1) is 8.97. The summed E-state index contributed by atoms with van der Waals surface area (Å²) in [4.78, 5) is 10.7. The largest absolute Gasteiger partial charge is 0.478 e. The van der Waals surface area contributed by atoms with E-state index >= 15 is 0 Å². The van der Waals surface area contributed by atoms with Gasteiger partial charge in [0.2, 0.25) is 0 Å². The van der Waals surface area contributed by atoms with Gasteiger partial charge in [0, 0.05) is 25.4 Å². The fourth-order valence-electron chi connectivity index (χ4n) is 1.68. The van der Waals surface area contributed by atoms with Crippen LogP contribution in [-0.4, -0.2) is 20.9 Å². The van der Waals surface area contributed by atoms with Crippen LogP contribution in [0, 0.1) is 12.7 Å². The Bertz CT molecular complexity index is 603. The second kappa shape index (κ2) is 5.09. The van der Waals surface area contributed by atoms with Crippen LogP contribution in [0.25, 0.3) is 0 Å². The third-order valence-corrected chi connectivity index (χ3v) is 2.85. The third kappa shape index (κ3) is 2.90. The van der Waals surface area contributed by atoms with Gasteiger partial charge in [-0.3, -0.25) is 4.68 Å². The minimum atomic E-state index is -1.27. The smallest absolute Gasteiger partial charge is 0.338 e. The standard InChI is InChI=1S/C13H14FN3O2/c1-8-5-12(16-17(8)2)15-7-9-3-4-10(13(18)19)11(14)6-9/h3-6H,7H2,1-2H3,(H,15,16)(H,18,19). The Labute approximate surface area is 109 Å². The van der Waals surface area contributed by atoms with Crippen LogP contribution in [0.1, 0.15) is 21.6 Å². The van der Waals surface area contributed by atoms with Crippen LogP contribution in [0.2, 0.25) is 0 Å². The number of carbonyl (C=O) groups is 1. The van der Waals surface area contributed by atoms with Crippen molar-refractivity contribution in [2.45, 2.75) is 13.5 Å². The molecule has 6 heteroatoms.